The van der Waals surface area contributed by atoms with Gasteiger partial charge in [0.25, 0.3) is 5.91 Å². The summed E-state index contributed by atoms with van der Waals surface area (Å²) in [6.07, 6.45) is 2.50. The Bertz CT molecular complexity index is 977. The first-order valence-electron chi connectivity index (χ1n) is 8.82. The minimum atomic E-state index is -0.320. The third-order valence-corrected chi connectivity index (χ3v) is 4.15. The highest BCUT2D eigenvalue weighted by molar-refractivity contribution is 6.03. The maximum absolute atomic E-state index is 12.3. The molecule has 6 heteroatoms. The van der Waals surface area contributed by atoms with Gasteiger partial charge < -0.3 is 15.4 Å². The number of nitriles is 1. The molecule has 6 nitrogen and oxygen atoms in total. The van der Waals surface area contributed by atoms with Crippen molar-refractivity contribution in [2.45, 2.75) is 6.42 Å². The van der Waals surface area contributed by atoms with Crippen molar-refractivity contribution >= 4 is 17.3 Å². The number of hydrogen-bond donors (Lipinski definition) is 2. The van der Waals surface area contributed by atoms with Crippen LogP contribution in [0.2, 0.25) is 0 Å². The number of amides is 1. The quantitative estimate of drug-likeness (QED) is 0.657. The molecule has 0 aliphatic carbocycles. The van der Waals surface area contributed by atoms with Crippen molar-refractivity contribution in [3.63, 3.8) is 0 Å². The maximum atomic E-state index is 12.3. The van der Waals surface area contributed by atoms with E-state index in [0.29, 0.717) is 16.9 Å². The Balaban J connectivity index is 1.52. The van der Waals surface area contributed by atoms with Crippen LogP contribution in [0.3, 0.4) is 0 Å². The molecule has 1 heterocycles. The number of anilines is 2. The molecule has 0 aliphatic rings. The summed E-state index contributed by atoms with van der Waals surface area (Å²) in [5.41, 5.74) is 3.41. The van der Waals surface area contributed by atoms with E-state index in [9.17, 15) is 4.79 Å². The summed E-state index contributed by atoms with van der Waals surface area (Å²) in [5.74, 6) is 0.522. The highest BCUT2D eigenvalue weighted by Crippen LogP contribution is 2.14. The first-order valence-corrected chi connectivity index (χ1v) is 8.82. The van der Waals surface area contributed by atoms with Crippen molar-refractivity contribution in [3.05, 3.63) is 83.7 Å². The fourth-order valence-electron chi connectivity index (χ4n) is 2.64. The van der Waals surface area contributed by atoms with Gasteiger partial charge in [0.05, 0.1) is 30.6 Å². The van der Waals surface area contributed by atoms with Gasteiger partial charge in [0.15, 0.2) is 0 Å². The van der Waals surface area contributed by atoms with Crippen LogP contribution in [0.1, 0.15) is 21.6 Å². The Morgan fingerprint density at radius 3 is 2.61 bits per heavy atom. The molecule has 3 aromatic rings. The molecule has 0 atom stereocenters. The monoisotopic (exact) mass is 372 g/mol. The van der Waals surface area contributed by atoms with E-state index in [1.165, 1.54) is 5.56 Å². The molecule has 1 amide bonds. The van der Waals surface area contributed by atoms with Crippen molar-refractivity contribution in [2.75, 3.05) is 24.3 Å². The van der Waals surface area contributed by atoms with Crippen LogP contribution in [0.25, 0.3) is 0 Å². The maximum Gasteiger partial charge on any atom is 0.274 e. The van der Waals surface area contributed by atoms with Gasteiger partial charge in [-0.3, -0.25) is 4.79 Å². The lowest BCUT2D eigenvalue weighted by Crippen LogP contribution is -2.14. The van der Waals surface area contributed by atoms with Crippen LogP contribution < -0.4 is 15.4 Å². The number of ether oxygens (including phenoxy) is 1. The second-order valence-corrected chi connectivity index (χ2v) is 6.10. The van der Waals surface area contributed by atoms with E-state index in [-0.39, 0.29) is 5.91 Å². The van der Waals surface area contributed by atoms with Crippen molar-refractivity contribution in [2.24, 2.45) is 0 Å². The molecular formula is C22H20N4O2. The molecule has 0 aliphatic heterocycles. The average Bonchev–Trinajstić information content (AvgIpc) is 2.75. The van der Waals surface area contributed by atoms with Gasteiger partial charge in [0.2, 0.25) is 0 Å². The van der Waals surface area contributed by atoms with Gasteiger partial charge in [0.1, 0.15) is 11.4 Å². The number of benzene rings is 2. The van der Waals surface area contributed by atoms with Crippen molar-refractivity contribution in [3.8, 4) is 11.8 Å². The first kappa shape index (κ1) is 18.9. The molecule has 0 unspecified atom stereocenters. The van der Waals surface area contributed by atoms with Crippen LogP contribution in [0.4, 0.5) is 11.4 Å². The van der Waals surface area contributed by atoms with E-state index < -0.39 is 0 Å². The highest BCUT2D eigenvalue weighted by atomic mass is 16.5. The van der Waals surface area contributed by atoms with Crippen LogP contribution in [-0.4, -0.2) is 24.5 Å². The summed E-state index contributed by atoms with van der Waals surface area (Å²) in [5, 5.41) is 15.0. The molecule has 1 aromatic heterocycles. The molecule has 0 saturated carbocycles. The van der Waals surface area contributed by atoms with Gasteiger partial charge in [-0.15, -0.1) is 0 Å². The minimum absolute atomic E-state index is 0.308. The number of nitrogens with one attached hydrogen (secondary N) is 2. The molecule has 2 N–H and O–H groups in total. The number of carbonyl (C=O) groups is 1. The highest BCUT2D eigenvalue weighted by Gasteiger charge is 2.08. The molecule has 2 aromatic carbocycles. The summed E-state index contributed by atoms with van der Waals surface area (Å²) in [6.45, 7) is 0.750. The molecule has 28 heavy (non-hydrogen) atoms. The van der Waals surface area contributed by atoms with Gasteiger partial charge in [-0.1, -0.05) is 18.2 Å². The predicted octanol–water partition coefficient (Wildman–Crippen LogP) is 3.87. The summed E-state index contributed by atoms with van der Waals surface area (Å²) >= 11 is 0. The van der Waals surface area contributed by atoms with Crippen molar-refractivity contribution in [1.82, 2.24) is 4.98 Å². The first-order chi connectivity index (χ1) is 13.7. The van der Waals surface area contributed by atoms with Gasteiger partial charge in [-0.05, 0) is 54.4 Å². The van der Waals surface area contributed by atoms with E-state index in [1.54, 1.807) is 43.6 Å². The van der Waals surface area contributed by atoms with E-state index in [2.05, 4.69) is 15.6 Å². The van der Waals surface area contributed by atoms with Gasteiger partial charge >= 0.3 is 0 Å². The molecule has 0 bridgehead atoms. The van der Waals surface area contributed by atoms with Gasteiger partial charge in [-0.25, -0.2) is 4.98 Å². The lowest BCUT2D eigenvalue weighted by atomic mass is 10.1. The molecular weight excluding hydrogens is 352 g/mol. The SMILES string of the molecule is COc1ccc(CCNc2ccc(C(=O)Nc3cccc(C#N)c3)nc2)cc1. The smallest absolute Gasteiger partial charge is 0.274 e. The summed E-state index contributed by atoms with van der Waals surface area (Å²) in [6, 6.07) is 20.2. The van der Waals surface area contributed by atoms with Crippen molar-refractivity contribution < 1.29 is 9.53 Å². The van der Waals surface area contributed by atoms with E-state index in [4.69, 9.17) is 10.00 Å². The average molecular weight is 372 g/mol. The third kappa shape index (κ3) is 5.08. The summed E-state index contributed by atoms with van der Waals surface area (Å²) in [4.78, 5) is 16.5. The van der Waals surface area contributed by atoms with E-state index in [0.717, 1.165) is 24.4 Å². The van der Waals surface area contributed by atoms with Gasteiger partial charge in [-0.2, -0.15) is 5.26 Å². The van der Waals surface area contributed by atoms with Crippen molar-refractivity contribution in [1.29, 1.82) is 5.26 Å². The normalized spacial score (nSPS) is 10.0. The topological polar surface area (TPSA) is 87.0 Å². The Morgan fingerprint density at radius 2 is 1.93 bits per heavy atom. The standard InChI is InChI=1S/C22H20N4O2/c1-28-20-8-5-16(6-9-20)11-12-24-19-7-10-21(25-15-19)22(27)26-18-4-2-3-17(13-18)14-23/h2-10,13,15,24H,11-12H2,1H3,(H,26,27). The van der Waals surface area contributed by atoms with Crippen LogP contribution in [-0.2, 0) is 6.42 Å². The van der Waals surface area contributed by atoms with E-state index >= 15 is 0 Å². The molecule has 0 saturated heterocycles. The Morgan fingerprint density at radius 1 is 1.11 bits per heavy atom. The second-order valence-electron chi connectivity index (χ2n) is 6.10. The van der Waals surface area contributed by atoms with E-state index in [1.807, 2.05) is 36.4 Å². The fourth-order valence-corrected chi connectivity index (χ4v) is 2.64. The minimum Gasteiger partial charge on any atom is -0.497 e. The zero-order chi connectivity index (χ0) is 19.8. The zero-order valence-electron chi connectivity index (χ0n) is 15.5. The number of hydrogen-bond acceptors (Lipinski definition) is 5. The van der Waals surface area contributed by atoms with Crippen LogP contribution in [0, 0.1) is 11.3 Å². The number of carbonyl (C=O) groups excluding carboxylic acids is 1. The molecule has 0 radical (unpaired) electrons. The zero-order valence-corrected chi connectivity index (χ0v) is 15.5. The Hall–Kier alpha value is -3.85. The molecule has 3 rings (SSSR count). The predicted molar refractivity (Wildman–Crippen MR) is 109 cm³/mol. The Labute approximate surface area is 163 Å². The second kappa shape index (κ2) is 9.19. The fraction of sp³-hybridized carbons (Fsp3) is 0.136. The van der Waals surface area contributed by atoms with Crippen LogP contribution in [0.5, 0.6) is 5.75 Å². The number of rotatable bonds is 7. The number of pyridine rings is 1. The summed E-state index contributed by atoms with van der Waals surface area (Å²) in [7, 11) is 1.65. The largest absolute Gasteiger partial charge is 0.497 e. The summed E-state index contributed by atoms with van der Waals surface area (Å²) < 4.78 is 5.15. The van der Waals surface area contributed by atoms with Crippen LogP contribution >= 0.6 is 0 Å². The third-order valence-electron chi connectivity index (χ3n) is 4.15. The molecule has 0 fully saturated rings. The van der Waals surface area contributed by atoms with Gasteiger partial charge in [0, 0.05) is 12.2 Å². The lowest BCUT2D eigenvalue weighted by Gasteiger charge is -2.08. The number of methoxy groups -OCH3 is 1. The lowest BCUT2D eigenvalue weighted by molar-refractivity contribution is 0.102. The number of aromatic nitrogens is 1. The molecule has 140 valence electrons. The number of nitrogens with zero attached hydrogens (tertiary/aromatic N) is 2. The molecule has 0 spiro atoms. The Kier molecular flexibility index (Phi) is 6.21. The van der Waals surface area contributed by atoms with Crippen LogP contribution in [0.15, 0.2) is 66.9 Å².